The van der Waals surface area contributed by atoms with Crippen LogP contribution in [-0.2, 0) is 9.47 Å². The highest BCUT2D eigenvalue weighted by molar-refractivity contribution is 5.04. The van der Waals surface area contributed by atoms with Gasteiger partial charge in [0.2, 0.25) is 0 Å². The van der Waals surface area contributed by atoms with E-state index in [9.17, 15) is 0 Å². The first-order valence-electron chi connectivity index (χ1n) is 3.32. The first kappa shape index (κ1) is 7.19. The molecular weight excluding hydrogens is 128 g/mol. The van der Waals surface area contributed by atoms with Gasteiger partial charge in [-0.1, -0.05) is 13.2 Å². The Morgan fingerprint density at radius 2 is 1.30 bits per heavy atom. The summed E-state index contributed by atoms with van der Waals surface area (Å²) in [6.45, 7) is 11.2. The van der Waals surface area contributed by atoms with Gasteiger partial charge in [0.05, 0.1) is 0 Å². The van der Waals surface area contributed by atoms with E-state index in [4.69, 9.17) is 9.47 Å². The van der Waals surface area contributed by atoms with E-state index in [1.54, 1.807) is 0 Å². The molecule has 2 heteroatoms. The molecule has 0 spiro atoms. The summed E-state index contributed by atoms with van der Waals surface area (Å²) in [7, 11) is 0. The van der Waals surface area contributed by atoms with E-state index in [1.165, 1.54) is 0 Å². The lowest BCUT2D eigenvalue weighted by atomic mass is 10.2. The van der Waals surface area contributed by atoms with Crippen LogP contribution in [-0.4, -0.2) is 12.2 Å². The van der Waals surface area contributed by atoms with Crippen molar-refractivity contribution >= 4 is 0 Å². The van der Waals surface area contributed by atoms with Crippen molar-refractivity contribution in [1.29, 1.82) is 0 Å². The Morgan fingerprint density at radius 1 is 1.00 bits per heavy atom. The van der Waals surface area contributed by atoms with Gasteiger partial charge in [-0.3, -0.25) is 0 Å². The standard InChI is InChI=1S/C8H12O2/c1-5-6(2)10-8(4)7(3)9-5/h6-7H,1,4H2,2-3H3. The number of hydrogen-bond donors (Lipinski definition) is 0. The van der Waals surface area contributed by atoms with Crippen LogP contribution in [0.4, 0.5) is 0 Å². The molecular formula is C8H12O2. The van der Waals surface area contributed by atoms with Crippen LogP contribution < -0.4 is 0 Å². The van der Waals surface area contributed by atoms with Crippen molar-refractivity contribution in [1.82, 2.24) is 0 Å². The third kappa shape index (κ3) is 1.15. The molecule has 0 radical (unpaired) electrons. The molecule has 1 fully saturated rings. The molecule has 10 heavy (non-hydrogen) atoms. The second-order valence-electron chi connectivity index (χ2n) is 2.45. The molecule has 2 atom stereocenters. The van der Waals surface area contributed by atoms with E-state index in [-0.39, 0.29) is 12.2 Å². The predicted molar refractivity (Wildman–Crippen MR) is 39.4 cm³/mol. The van der Waals surface area contributed by atoms with Crippen LogP contribution >= 0.6 is 0 Å². The zero-order valence-electron chi connectivity index (χ0n) is 6.39. The maximum atomic E-state index is 5.29. The minimum atomic E-state index is -0.0521. The highest BCUT2D eigenvalue weighted by atomic mass is 16.6. The average molecular weight is 140 g/mol. The van der Waals surface area contributed by atoms with Crippen molar-refractivity contribution in [3.05, 3.63) is 24.7 Å². The summed E-state index contributed by atoms with van der Waals surface area (Å²) >= 11 is 0. The molecule has 0 saturated carbocycles. The summed E-state index contributed by atoms with van der Waals surface area (Å²) in [5.74, 6) is 1.36. The molecule has 1 saturated heterocycles. The lowest BCUT2D eigenvalue weighted by Crippen LogP contribution is -2.27. The van der Waals surface area contributed by atoms with E-state index in [2.05, 4.69) is 13.2 Å². The molecule has 1 heterocycles. The van der Waals surface area contributed by atoms with Crippen molar-refractivity contribution in [2.24, 2.45) is 0 Å². The van der Waals surface area contributed by atoms with Crippen LogP contribution in [0.3, 0.4) is 0 Å². The van der Waals surface area contributed by atoms with Crippen molar-refractivity contribution in [3.8, 4) is 0 Å². The zero-order chi connectivity index (χ0) is 7.72. The monoisotopic (exact) mass is 140 g/mol. The van der Waals surface area contributed by atoms with Gasteiger partial charge in [0.1, 0.15) is 11.5 Å². The topological polar surface area (TPSA) is 18.5 Å². The van der Waals surface area contributed by atoms with Crippen LogP contribution in [0, 0.1) is 0 Å². The van der Waals surface area contributed by atoms with E-state index in [0.717, 1.165) is 0 Å². The number of rotatable bonds is 0. The van der Waals surface area contributed by atoms with E-state index < -0.39 is 0 Å². The fourth-order valence-electron chi connectivity index (χ4n) is 0.777. The van der Waals surface area contributed by atoms with Gasteiger partial charge in [-0.05, 0) is 13.8 Å². The fourth-order valence-corrected chi connectivity index (χ4v) is 0.777. The van der Waals surface area contributed by atoms with Gasteiger partial charge in [-0.2, -0.15) is 0 Å². The van der Waals surface area contributed by atoms with Gasteiger partial charge >= 0.3 is 0 Å². The summed E-state index contributed by atoms with van der Waals surface area (Å²) in [5, 5.41) is 0. The number of ether oxygens (including phenoxy) is 2. The summed E-state index contributed by atoms with van der Waals surface area (Å²) in [6, 6.07) is 0. The van der Waals surface area contributed by atoms with Crippen molar-refractivity contribution < 1.29 is 9.47 Å². The maximum Gasteiger partial charge on any atom is 0.152 e. The van der Waals surface area contributed by atoms with E-state index >= 15 is 0 Å². The van der Waals surface area contributed by atoms with Gasteiger partial charge in [-0.15, -0.1) is 0 Å². The smallest absolute Gasteiger partial charge is 0.152 e. The molecule has 0 N–H and O–H groups in total. The molecule has 0 aromatic rings. The molecule has 0 aromatic heterocycles. The average Bonchev–Trinajstić information content (AvgIpc) is 1.84. The minimum absolute atomic E-state index is 0.0521. The summed E-state index contributed by atoms with van der Waals surface area (Å²) in [5.41, 5.74) is 0. The van der Waals surface area contributed by atoms with Gasteiger partial charge in [0.25, 0.3) is 0 Å². The third-order valence-electron chi connectivity index (χ3n) is 1.56. The molecule has 56 valence electrons. The maximum absolute atomic E-state index is 5.29. The van der Waals surface area contributed by atoms with Crippen molar-refractivity contribution in [2.75, 3.05) is 0 Å². The Hall–Kier alpha value is -0.920. The summed E-state index contributed by atoms with van der Waals surface area (Å²) in [6.07, 6.45) is -0.104. The Labute approximate surface area is 61.1 Å². The molecule has 2 nitrogen and oxygen atoms in total. The van der Waals surface area contributed by atoms with E-state index in [1.807, 2.05) is 13.8 Å². The highest BCUT2D eigenvalue weighted by Crippen LogP contribution is 2.22. The Bertz CT molecular complexity index is 152. The Morgan fingerprint density at radius 3 is 1.60 bits per heavy atom. The summed E-state index contributed by atoms with van der Waals surface area (Å²) < 4.78 is 10.6. The lowest BCUT2D eigenvalue weighted by molar-refractivity contribution is -0.0214. The van der Waals surface area contributed by atoms with Gasteiger partial charge in [0, 0.05) is 0 Å². The normalized spacial score (nSPS) is 33.0. The quantitative estimate of drug-likeness (QED) is 0.511. The molecule has 1 rings (SSSR count). The Balaban J connectivity index is 2.63. The van der Waals surface area contributed by atoms with Crippen LogP contribution in [0.2, 0.25) is 0 Å². The van der Waals surface area contributed by atoms with Crippen molar-refractivity contribution in [2.45, 2.75) is 26.1 Å². The van der Waals surface area contributed by atoms with E-state index in [0.29, 0.717) is 11.5 Å². The lowest BCUT2D eigenvalue weighted by Gasteiger charge is -2.30. The van der Waals surface area contributed by atoms with Crippen LogP contribution in [0.15, 0.2) is 24.7 Å². The molecule has 1 aliphatic heterocycles. The number of hydrogen-bond acceptors (Lipinski definition) is 2. The Kier molecular flexibility index (Phi) is 1.70. The highest BCUT2D eigenvalue weighted by Gasteiger charge is 2.22. The van der Waals surface area contributed by atoms with Crippen LogP contribution in [0.5, 0.6) is 0 Å². The van der Waals surface area contributed by atoms with Crippen molar-refractivity contribution in [3.63, 3.8) is 0 Å². The third-order valence-corrected chi connectivity index (χ3v) is 1.56. The first-order valence-corrected chi connectivity index (χ1v) is 3.32. The largest absolute Gasteiger partial charge is 0.484 e. The van der Waals surface area contributed by atoms with Crippen LogP contribution in [0.1, 0.15) is 13.8 Å². The molecule has 0 bridgehead atoms. The zero-order valence-corrected chi connectivity index (χ0v) is 6.39. The van der Waals surface area contributed by atoms with Crippen LogP contribution in [0.25, 0.3) is 0 Å². The summed E-state index contributed by atoms with van der Waals surface area (Å²) in [4.78, 5) is 0. The molecule has 0 aromatic carbocycles. The molecule has 0 aliphatic carbocycles. The molecule has 0 amide bonds. The molecule has 1 aliphatic rings. The minimum Gasteiger partial charge on any atom is -0.484 e. The predicted octanol–water partition coefficient (Wildman–Crippen LogP) is 1.84. The van der Waals surface area contributed by atoms with Gasteiger partial charge < -0.3 is 9.47 Å². The second kappa shape index (κ2) is 2.37. The first-order chi connectivity index (χ1) is 4.61. The SMILES string of the molecule is C=C1OC(C)C(=C)OC1C. The molecule has 2 unspecified atom stereocenters. The fraction of sp³-hybridized carbons (Fsp3) is 0.500. The second-order valence-corrected chi connectivity index (χ2v) is 2.45. The van der Waals surface area contributed by atoms with Gasteiger partial charge in [0.15, 0.2) is 12.2 Å². The van der Waals surface area contributed by atoms with Gasteiger partial charge in [-0.25, -0.2) is 0 Å².